The average molecular weight is 226 g/mol. The van der Waals surface area contributed by atoms with Crippen LogP contribution in [-0.4, -0.2) is 10.00 Å². The maximum absolute atomic E-state index is 11.3. The third kappa shape index (κ3) is 1.66. The molecule has 2 N–H and O–H groups in total. The van der Waals surface area contributed by atoms with Crippen molar-refractivity contribution in [2.75, 3.05) is 0 Å². The van der Waals surface area contributed by atoms with Crippen molar-refractivity contribution in [1.82, 2.24) is 0 Å². The van der Waals surface area contributed by atoms with Gasteiger partial charge in [-0.1, -0.05) is 0 Å². The molecule has 0 bridgehead atoms. The third-order valence-corrected chi connectivity index (χ3v) is 3.29. The molecule has 0 fully saturated rings. The van der Waals surface area contributed by atoms with E-state index in [1.807, 2.05) is 0 Å². The van der Waals surface area contributed by atoms with Gasteiger partial charge in [-0.05, 0) is 37.1 Å². The maximum atomic E-state index is 11.3. The second-order valence-corrected chi connectivity index (χ2v) is 5.18. The molecule has 0 amide bonds. The number of aromatic hydroxyl groups is 1. The van der Waals surface area contributed by atoms with Crippen molar-refractivity contribution in [3.05, 3.63) is 28.6 Å². The van der Waals surface area contributed by atoms with E-state index >= 15 is 0 Å². The molecule has 0 saturated carbocycles. The monoisotopic (exact) mass is 226 g/mol. The van der Waals surface area contributed by atoms with Gasteiger partial charge >= 0.3 is 7.60 Å². The van der Waals surface area contributed by atoms with Crippen LogP contribution in [0.15, 0.2) is 11.9 Å². The number of fused-ring (bicyclic) bond motifs is 1. The van der Waals surface area contributed by atoms with E-state index in [1.54, 1.807) is 19.9 Å². The molecule has 1 aromatic rings. The van der Waals surface area contributed by atoms with Gasteiger partial charge in [-0.15, -0.1) is 0 Å². The molecule has 0 aromatic heterocycles. The number of rotatable bonds is 0. The maximum Gasteiger partial charge on any atom is 0.401 e. The van der Waals surface area contributed by atoms with Crippen molar-refractivity contribution in [3.63, 3.8) is 0 Å². The normalized spacial score (nSPS) is 23.4. The zero-order valence-corrected chi connectivity index (χ0v) is 9.28. The smallest absolute Gasteiger partial charge is 0.401 e. The first kappa shape index (κ1) is 10.3. The van der Waals surface area contributed by atoms with E-state index in [1.165, 1.54) is 6.08 Å². The number of hydrogen-bond donors (Lipinski definition) is 2. The molecule has 15 heavy (non-hydrogen) atoms. The minimum atomic E-state index is -3.67. The predicted octanol–water partition coefficient (Wildman–Crippen LogP) is 2.56. The molecule has 1 heterocycles. The number of benzene rings is 1. The quantitative estimate of drug-likeness (QED) is 0.667. The average Bonchev–Trinajstić information content (AvgIpc) is 2.13. The van der Waals surface area contributed by atoms with E-state index in [0.717, 1.165) is 11.4 Å². The van der Waals surface area contributed by atoms with E-state index in [-0.39, 0.29) is 11.5 Å². The molecule has 80 valence electrons. The Bertz CT molecular complexity index is 505. The summed E-state index contributed by atoms with van der Waals surface area (Å²) in [7, 11) is -3.67. The van der Waals surface area contributed by atoms with Crippen molar-refractivity contribution in [2.24, 2.45) is 0 Å². The van der Waals surface area contributed by atoms with E-state index in [0.29, 0.717) is 11.1 Å². The summed E-state index contributed by atoms with van der Waals surface area (Å²) in [6.07, 6.45) is 1.43. The van der Waals surface area contributed by atoms with Crippen LogP contribution < -0.4 is 4.52 Å². The minimum absolute atomic E-state index is 0.0894. The third-order valence-electron chi connectivity index (χ3n) is 2.32. The van der Waals surface area contributed by atoms with Crippen LogP contribution in [0.4, 0.5) is 0 Å². The van der Waals surface area contributed by atoms with Crippen LogP contribution >= 0.6 is 7.60 Å². The lowest BCUT2D eigenvalue weighted by atomic mass is 10.0. The molecule has 1 unspecified atom stereocenters. The molecule has 0 saturated heterocycles. The number of phenols is 1. The van der Waals surface area contributed by atoms with Crippen LogP contribution in [0.5, 0.6) is 11.5 Å². The zero-order valence-electron chi connectivity index (χ0n) is 8.39. The molecule has 1 atom stereocenters. The van der Waals surface area contributed by atoms with E-state index in [4.69, 9.17) is 4.52 Å². The Balaban J connectivity index is 2.71. The standard InChI is InChI=1S/C10H11O4P/c1-6-5-7(2)10-8(9(6)11)3-4-15(12,13)14-10/h3-5,11H,1-2H3,(H,12,13). The molecule has 4 nitrogen and oxygen atoms in total. The van der Waals surface area contributed by atoms with Gasteiger partial charge in [0.15, 0.2) is 0 Å². The summed E-state index contributed by atoms with van der Waals surface area (Å²) in [4.78, 5) is 9.27. The lowest BCUT2D eigenvalue weighted by Gasteiger charge is -2.20. The molecule has 0 spiro atoms. The Morgan fingerprint density at radius 2 is 2.00 bits per heavy atom. The van der Waals surface area contributed by atoms with Gasteiger partial charge in [-0.25, -0.2) is 4.57 Å². The molecular weight excluding hydrogens is 215 g/mol. The first-order valence-corrected chi connectivity index (χ1v) is 6.10. The van der Waals surface area contributed by atoms with Crippen LogP contribution in [0, 0.1) is 13.8 Å². The Hall–Kier alpha value is -1.25. The van der Waals surface area contributed by atoms with Gasteiger partial charge in [-0.3, -0.25) is 0 Å². The highest BCUT2D eigenvalue weighted by Gasteiger charge is 2.26. The SMILES string of the molecule is Cc1cc(C)c2c(c1O)C=CP(=O)(O)O2. The summed E-state index contributed by atoms with van der Waals surface area (Å²) in [6, 6.07) is 1.72. The fourth-order valence-electron chi connectivity index (χ4n) is 1.60. The molecular formula is C10H11O4P. The first-order chi connectivity index (χ1) is 6.91. The van der Waals surface area contributed by atoms with Crippen LogP contribution in [0.1, 0.15) is 16.7 Å². The topological polar surface area (TPSA) is 66.8 Å². The Labute approximate surface area is 87.4 Å². The lowest BCUT2D eigenvalue weighted by Crippen LogP contribution is -1.99. The summed E-state index contributed by atoms with van der Waals surface area (Å²) in [5.74, 6) is 1.45. The molecule has 0 aliphatic carbocycles. The Morgan fingerprint density at radius 3 is 2.67 bits per heavy atom. The number of hydrogen-bond acceptors (Lipinski definition) is 3. The van der Waals surface area contributed by atoms with Crippen LogP contribution in [0.2, 0.25) is 0 Å². The first-order valence-electron chi connectivity index (χ1n) is 4.45. The number of aryl methyl sites for hydroxylation is 2. The van der Waals surface area contributed by atoms with Crippen molar-refractivity contribution >= 4 is 13.7 Å². The second kappa shape index (κ2) is 3.12. The predicted molar refractivity (Wildman–Crippen MR) is 57.1 cm³/mol. The van der Waals surface area contributed by atoms with Crippen LogP contribution in [0.3, 0.4) is 0 Å². The van der Waals surface area contributed by atoms with Gasteiger partial charge in [0.1, 0.15) is 11.5 Å². The van der Waals surface area contributed by atoms with Gasteiger partial charge in [0.25, 0.3) is 0 Å². The molecule has 1 aliphatic rings. The van der Waals surface area contributed by atoms with Gasteiger partial charge in [0, 0.05) is 5.82 Å². The van der Waals surface area contributed by atoms with Crippen molar-refractivity contribution in [2.45, 2.75) is 13.8 Å². The Morgan fingerprint density at radius 1 is 1.33 bits per heavy atom. The fourth-order valence-corrected chi connectivity index (χ4v) is 2.50. The highest BCUT2D eigenvalue weighted by atomic mass is 31.2. The molecule has 5 heteroatoms. The summed E-state index contributed by atoms with van der Waals surface area (Å²) < 4.78 is 16.3. The molecule has 2 rings (SSSR count). The molecule has 1 aliphatic heterocycles. The summed E-state index contributed by atoms with van der Waals surface area (Å²) in [6.45, 7) is 3.54. The zero-order chi connectivity index (χ0) is 11.2. The van der Waals surface area contributed by atoms with Gasteiger partial charge in [-0.2, -0.15) is 0 Å². The highest BCUT2D eigenvalue weighted by Crippen LogP contribution is 2.52. The van der Waals surface area contributed by atoms with Crippen molar-refractivity contribution < 1.29 is 19.1 Å². The van der Waals surface area contributed by atoms with Gasteiger partial charge in [0.05, 0.1) is 5.56 Å². The Kier molecular flexibility index (Phi) is 2.14. The molecule has 1 aromatic carbocycles. The summed E-state index contributed by atoms with van der Waals surface area (Å²) >= 11 is 0. The fraction of sp³-hybridized carbons (Fsp3) is 0.200. The van der Waals surface area contributed by atoms with E-state index in [9.17, 15) is 14.6 Å². The second-order valence-electron chi connectivity index (χ2n) is 3.57. The number of phenolic OH excluding ortho intramolecular Hbond substituents is 1. The van der Waals surface area contributed by atoms with Crippen LogP contribution in [-0.2, 0) is 4.57 Å². The van der Waals surface area contributed by atoms with Gasteiger partial charge in [0.2, 0.25) is 0 Å². The van der Waals surface area contributed by atoms with Crippen molar-refractivity contribution in [3.8, 4) is 11.5 Å². The van der Waals surface area contributed by atoms with Gasteiger partial charge < -0.3 is 14.5 Å². The van der Waals surface area contributed by atoms with E-state index < -0.39 is 7.60 Å². The highest BCUT2D eigenvalue weighted by molar-refractivity contribution is 7.56. The summed E-state index contributed by atoms with van der Waals surface area (Å²) in [5.41, 5.74) is 1.92. The van der Waals surface area contributed by atoms with Crippen LogP contribution in [0.25, 0.3) is 6.08 Å². The van der Waals surface area contributed by atoms with E-state index in [2.05, 4.69) is 0 Å². The summed E-state index contributed by atoms with van der Waals surface area (Å²) in [5, 5.41) is 9.74. The molecule has 0 radical (unpaired) electrons. The minimum Gasteiger partial charge on any atom is -0.507 e. The van der Waals surface area contributed by atoms with Crippen molar-refractivity contribution in [1.29, 1.82) is 0 Å². The lowest BCUT2D eigenvalue weighted by molar-refractivity contribution is 0.386. The largest absolute Gasteiger partial charge is 0.507 e.